The van der Waals surface area contributed by atoms with Gasteiger partial charge in [-0.3, -0.25) is 0 Å². The molecule has 2 bridgehead atoms. The van der Waals surface area contributed by atoms with Crippen molar-refractivity contribution in [1.82, 2.24) is 10.2 Å². The van der Waals surface area contributed by atoms with Gasteiger partial charge in [-0.2, -0.15) is 0 Å². The molecule has 2 unspecified atom stereocenters. The number of nitrogens with zero attached hydrogens (tertiary/aromatic N) is 1. The summed E-state index contributed by atoms with van der Waals surface area (Å²) in [7, 11) is 0. The van der Waals surface area contributed by atoms with E-state index >= 15 is 0 Å². The summed E-state index contributed by atoms with van der Waals surface area (Å²) in [4.78, 5) is 2.30. The Balaban J connectivity index is 1.93. The lowest BCUT2D eigenvalue weighted by Crippen LogP contribution is -2.44. The van der Waals surface area contributed by atoms with E-state index in [1.165, 1.54) is 6.42 Å². The number of ether oxygens (including phenoxy) is 1. The lowest BCUT2D eigenvalue weighted by Gasteiger charge is -2.34. The fraction of sp³-hybridized carbons (Fsp3) is 0.818. The Kier molecular flexibility index (Phi) is 2.22. The van der Waals surface area contributed by atoms with Crippen LogP contribution in [0, 0.1) is 0 Å². The minimum absolute atomic E-state index is 0.133. The van der Waals surface area contributed by atoms with E-state index in [1.807, 2.05) is 0 Å². The first-order chi connectivity index (χ1) is 6.46. The molecule has 0 spiro atoms. The number of hydrogen-bond donors (Lipinski definition) is 1. The van der Waals surface area contributed by atoms with Crippen molar-refractivity contribution >= 4 is 0 Å². The molecule has 0 aromatic carbocycles. The zero-order valence-corrected chi connectivity index (χ0v) is 9.34. The molecular formula is C11H20N2O. The van der Waals surface area contributed by atoms with Gasteiger partial charge in [-0.25, -0.2) is 0 Å². The van der Waals surface area contributed by atoms with E-state index in [0.29, 0.717) is 12.1 Å². The van der Waals surface area contributed by atoms with E-state index in [9.17, 15) is 0 Å². The zero-order chi connectivity index (χ0) is 10.3. The third-order valence-electron chi connectivity index (χ3n) is 2.80. The molecule has 3 nitrogen and oxygen atoms in total. The molecule has 0 aromatic heterocycles. The number of piperazine rings is 1. The molecular weight excluding hydrogens is 176 g/mol. The quantitative estimate of drug-likeness (QED) is 0.674. The second-order valence-electron chi connectivity index (χ2n) is 5.26. The van der Waals surface area contributed by atoms with Gasteiger partial charge in [0.25, 0.3) is 0 Å². The summed E-state index contributed by atoms with van der Waals surface area (Å²) in [5.41, 5.74) is -0.133. The summed E-state index contributed by atoms with van der Waals surface area (Å²) in [6, 6.07) is 1.26. The highest BCUT2D eigenvalue weighted by Crippen LogP contribution is 2.28. The number of rotatable bonds is 2. The fourth-order valence-corrected chi connectivity index (χ4v) is 2.28. The minimum atomic E-state index is -0.133. The summed E-state index contributed by atoms with van der Waals surface area (Å²) >= 11 is 0. The van der Waals surface area contributed by atoms with Crippen LogP contribution in [0.25, 0.3) is 0 Å². The highest BCUT2D eigenvalue weighted by atomic mass is 16.5. The number of hydrogen-bond acceptors (Lipinski definition) is 3. The normalized spacial score (nSPS) is 30.9. The molecule has 2 rings (SSSR count). The Labute approximate surface area is 86.1 Å². The van der Waals surface area contributed by atoms with Crippen molar-refractivity contribution in [3.63, 3.8) is 0 Å². The highest BCUT2D eigenvalue weighted by molar-refractivity contribution is 5.04. The van der Waals surface area contributed by atoms with Gasteiger partial charge >= 0.3 is 0 Å². The molecule has 2 aliphatic rings. The second kappa shape index (κ2) is 3.16. The fourth-order valence-electron chi connectivity index (χ4n) is 2.28. The molecule has 0 radical (unpaired) electrons. The van der Waals surface area contributed by atoms with Crippen LogP contribution in [0.5, 0.6) is 0 Å². The molecule has 0 saturated carbocycles. The highest BCUT2D eigenvalue weighted by Gasteiger charge is 2.39. The summed E-state index contributed by atoms with van der Waals surface area (Å²) in [5, 5.41) is 3.47. The Morgan fingerprint density at radius 2 is 2.21 bits per heavy atom. The topological polar surface area (TPSA) is 24.5 Å². The molecule has 0 aromatic rings. The molecule has 0 aliphatic carbocycles. The van der Waals surface area contributed by atoms with E-state index in [-0.39, 0.29) is 5.60 Å². The summed E-state index contributed by atoms with van der Waals surface area (Å²) in [6.07, 6.45) is 1.24. The van der Waals surface area contributed by atoms with Crippen molar-refractivity contribution in [2.45, 2.75) is 44.9 Å². The molecule has 1 N–H and O–H groups in total. The lowest BCUT2D eigenvalue weighted by atomic mass is 10.2. The van der Waals surface area contributed by atoms with E-state index in [4.69, 9.17) is 4.74 Å². The Morgan fingerprint density at radius 3 is 2.64 bits per heavy atom. The Bertz CT molecular complexity index is 244. The van der Waals surface area contributed by atoms with E-state index in [0.717, 1.165) is 19.0 Å². The molecule has 3 heteroatoms. The standard InChI is InChI=1S/C11H20N2O/c1-8(14-11(2,3)4)13-7-9-5-10(13)6-12-9/h9-10,12H,1,5-7H2,2-4H3. The Morgan fingerprint density at radius 1 is 1.50 bits per heavy atom. The number of fused-ring (bicyclic) bond motifs is 2. The molecule has 0 amide bonds. The number of nitrogens with one attached hydrogen (secondary N) is 1. The summed E-state index contributed by atoms with van der Waals surface area (Å²) in [5.74, 6) is 0.839. The zero-order valence-electron chi connectivity index (χ0n) is 9.34. The van der Waals surface area contributed by atoms with Crippen LogP contribution >= 0.6 is 0 Å². The van der Waals surface area contributed by atoms with Crippen LogP contribution in [0.3, 0.4) is 0 Å². The molecule has 80 valence electrons. The average molecular weight is 196 g/mol. The van der Waals surface area contributed by atoms with Crippen molar-refractivity contribution in [3.8, 4) is 0 Å². The lowest BCUT2D eigenvalue weighted by molar-refractivity contribution is -0.00315. The van der Waals surface area contributed by atoms with Gasteiger partial charge in [0, 0.05) is 25.2 Å². The van der Waals surface area contributed by atoms with Gasteiger partial charge in [-0.1, -0.05) is 0 Å². The monoisotopic (exact) mass is 196 g/mol. The first-order valence-corrected chi connectivity index (χ1v) is 5.34. The third-order valence-corrected chi connectivity index (χ3v) is 2.80. The largest absolute Gasteiger partial charge is 0.474 e. The van der Waals surface area contributed by atoms with Gasteiger partial charge < -0.3 is 15.0 Å². The average Bonchev–Trinajstić information content (AvgIpc) is 2.59. The minimum Gasteiger partial charge on any atom is -0.474 e. The van der Waals surface area contributed by atoms with Crippen molar-refractivity contribution in [2.75, 3.05) is 13.1 Å². The van der Waals surface area contributed by atoms with Gasteiger partial charge in [0.05, 0.1) is 0 Å². The predicted octanol–water partition coefficient (Wildman–Crippen LogP) is 1.32. The first kappa shape index (κ1) is 9.84. The molecule has 14 heavy (non-hydrogen) atoms. The van der Waals surface area contributed by atoms with Gasteiger partial charge in [-0.05, 0) is 33.8 Å². The molecule has 2 fully saturated rings. The van der Waals surface area contributed by atoms with Crippen LogP contribution in [0.4, 0.5) is 0 Å². The van der Waals surface area contributed by atoms with Crippen molar-refractivity contribution in [3.05, 3.63) is 12.5 Å². The van der Waals surface area contributed by atoms with Crippen molar-refractivity contribution in [1.29, 1.82) is 0 Å². The van der Waals surface area contributed by atoms with Crippen LogP contribution < -0.4 is 5.32 Å². The molecule has 2 aliphatic heterocycles. The molecule has 2 atom stereocenters. The maximum atomic E-state index is 5.78. The van der Waals surface area contributed by atoms with Crippen molar-refractivity contribution < 1.29 is 4.74 Å². The van der Waals surface area contributed by atoms with Gasteiger partial charge in [0.15, 0.2) is 5.88 Å². The predicted molar refractivity (Wildman–Crippen MR) is 56.9 cm³/mol. The van der Waals surface area contributed by atoms with Crippen LogP contribution in [0.15, 0.2) is 12.5 Å². The first-order valence-electron chi connectivity index (χ1n) is 5.34. The molecule has 2 saturated heterocycles. The second-order valence-corrected chi connectivity index (χ2v) is 5.26. The van der Waals surface area contributed by atoms with Crippen LogP contribution in [0.2, 0.25) is 0 Å². The van der Waals surface area contributed by atoms with Crippen LogP contribution in [-0.4, -0.2) is 35.7 Å². The van der Waals surface area contributed by atoms with Crippen LogP contribution in [0.1, 0.15) is 27.2 Å². The maximum absolute atomic E-state index is 5.78. The SMILES string of the molecule is C=C(OC(C)(C)C)N1CC2CC1CN2. The Hall–Kier alpha value is -0.700. The van der Waals surface area contributed by atoms with E-state index in [1.54, 1.807) is 0 Å². The van der Waals surface area contributed by atoms with Gasteiger partial charge in [-0.15, -0.1) is 0 Å². The van der Waals surface area contributed by atoms with Crippen LogP contribution in [-0.2, 0) is 4.74 Å². The summed E-state index contributed by atoms with van der Waals surface area (Å²) < 4.78 is 5.78. The van der Waals surface area contributed by atoms with Gasteiger partial charge in [0.1, 0.15) is 5.60 Å². The number of likely N-dealkylation sites (tertiary alicyclic amines) is 1. The third kappa shape index (κ3) is 1.87. The summed E-state index contributed by atoms with van der Waals surface area (Å²) in [6.45, 7) is 12.3. The smallest absolute Gasteiger partial charge is 0.182 e. The van der Waals surface area contributed by atoms with E-state index < -0.39 is 0 Å². The maximum Gasteiger partial charge on any atom is 0.182 e. The van der Waals surface area contributed by atoms with Gasteiger partial charge in [0.2, 0.25) is 0 Å². The van der Waals surface area contributed by atoms with E-state index in [2.05, 4.69) is 37.6 Å². The molecule has 2 heterocycles. The van der Waals surface area contributed by atoms with Crippen molar-refractivity contribution in [2.24, 2.45) is 0 Å².